The first-order chi connectivity index (χ1) is 11.1. The Morgan fingerprint density at radius 1 is 1.09 bits per heavy atom. The Bertz CT molecular complexity index is 660. The van der Waals surface area contributed by atoms with Gasteiger partial charge in [0.1, 0.15) is 5.75 Å². The molecule has 0 saturated heterocycles. The molecule has 0 amide bonds. The quantitative estimate of drug-likeness (QED) is 0.720. The lowest BCUT2D eigenvalue weighted by atomic mass is 9.95. The Labute approximate surface area is 141 Å². The Morgan fingerprint density at radius 2 is 1.74 bits per heavy atom. The van der Waals surface area contributed by atoms with Crippen molar-refractivity contribution in [2.45, 2.75) is 12.3 Å². The summed E-state index contributed by atoms with van der Waals surface area (Å²) in [7, 11) is 3.04. The molecule has 0 spiro atoms. The van der Waals surface area contributed by atoms with E-state index in [9.17, 15) is 4.79 Å². The molecule has 0 saturated carbocycles. The highest BCUT2D eigenvalue weighted by Gasteiger charge is 2.19. The third kappa shape index (κ3) is 4.86. The van der Waals surface area contributed by atoms with Crippen LogP contribution in [0.1, 0.15) is 23.5 Å². The fourth-order valence-corrected chi connectivity index (χ4v) is 2.39. The molecule has 0 unspecified atom stereocenters. The van der Waals surface area contributed by atoms with Crippen molar-refractivity contribution in [1.82, 2.24) is 0 Å². The molecule has 4 heteroatoms. The van der Waals surface area contributed by atoms with Gasteiger partial charge in [0.15, 0.2) is 0 Å². The van der Waals surface area contributed by atoms with Crippen LogP contribution in [0.2, 0.25) is 5.02 Å². The number of halogens is 1. The van der Waals surface area contributed by atoms with E-state index in [1.54, 1.807) is 19.2 Å². The third-order valence-electron chi connectivity index (χ3n) is 3.56. The number of ether oxygens (including phenoxy) is 2. The number of benzene rings is 2. The van der Waals surface area contributed by atoms with E-state index in [-0.39, 0.29) is 11.9 Å². The van der Waals surface area contributed by atoms with Crippen molar-refractivity contribution in [1.29, 1.82) is 0 Å². The lowest BCUT2D eigenvalue weighted by Crippen LogP contribution is -2.13. The average Bonchev–Trinajstić information content (AvgIpc) is 2.59. The standard InChI is InChI=1S/C19H19ClO3/c1-22-17-12-6-14(7-13-17)4-3-5-18(19(21)23-2)15-8-10-16(20)11-9-15/h3-4,6-13,18H,5H2,1-2H3/b4-3+/t18-/m0/s1. The summed E-state index contributed by atoms with van der Waals surface area (Å²) in [5.41, 5.74) is 1.94. The molecule has 3 nitrogen and oxygen atoms in total. The molecule has 2 aromatic rings. The summed E-state index contributed by atoms with van der Waals surface area (Å²) in [5.74, 6) is 0.217. The maximum atomic E-state index is 12.0. The number of hydrogen-bond acceptors (Lipinski definition) is 3. The highest BCUT2D eigenvalue weighted by atomic mass is 35.5. The van der Waals surface area contributed by atoms with E-state index >= 15 is 0 Å². The van der Waals surface area contributed by atoms with Crippen LogP contribution in [0, 0.1) is 0 Å². The highest BCUT2D eigenvalue weighted by molar-refractivity contribution is 6.30. The van der Waals surface area contributed by atoms with Crippen LogP contribution in [-0.4, -0.2) is 20.2 Å². The Balaban J connectivity index is 2.09. The zero-order chi connectivity index (χ0) is 16.7. The molecule has 0 heterocycles. The van der Waals surface area contributed by atoms with E-state index in [2.05, 4.69) is 0 Å². The molecule has 0 fully saturated rings. The molecule has 0 bridgehead atoms. The van der Waals surface area contributed by atoms with Gasteiger partial charge in [-0.3, -0.25) is 4.79 Å². The zero-order valence-corrected chi connectivity index (χ0v) is 13.9. The van der Waals surface area contributed by atoms with Gasteiger partial charge in [0.05, 0.1) is 20.1 Å². The van der Waals surface area contributed by atoms with Gasteiger partial charge in [-0.25, -0.2) is 0 Å². The van der Waals surface area contributed by atoms with Gasteiger partial charge >= 0.3 is 5.97 Å². The monoisotopic (exact) mass is 330 g/mol. The first-order valence-electron chi connectivity index (χ1n) is 7.28. The number of esters is 1. The molecular formula is C19H19ClO3. The van der Waals surface area contributed by atoms with Crippen molar-refractivity contribution in [2.75, 3.05) is 14.2 Å². The van der Waals surface area contributed by atoms with Crippen molar-refractivity contribution < 1.29 is 14.3 Å². The van der Waals surface area contributed by atoms with Crippen LogP contribution in [0.4, 0.5) is 0 Å². The van der Waals surface area contributed by atoms with Gasteiger partial charge in [-0.15, -0.1) is 0 Å². The number of rotatable bonds is 6. The first kappa shape index (κ1) is 17.1. The molecule has 0 aromatic heterocycles. The van der Waals surface area contributed by atoms with Gasteiger partial charge in [-0.2, -0.15) is 0 Å². The molecule has 0 aliphatic heterocycles. The first-order valence-corrected chi connectivity index (χ1v) is 7.65. The summed E-state index contributed by atoms with van der Waals surface area (Å²) >= 11 is 5.90. The molecule has 2 rings (SSSR count). The molecule has 0 aliphatic rings. The smallest absolute Gasteiger partial charge is 0.313 e. The van der Waals surface area contributed by atoms with Crippen molar-refractivity contribution >= 4 is 23.6 Å². The summed E-state index contributed by atoms with van der Waals surface area (Å²) in [6.07, 6.45) is 4.50. The number of hydrogen-bond donors (Lipinski definition) is 0. The maximum Gasteiger partial charge on any atom is 0.313 e. The largest absolute Gasteiger partial charge is 0.497 e. The van der Waals surface area contributed by atoms with Crippen LogP contribution in [-0.2, 0) is 9.53 Å². The second kappa shape index (κ2) is 8.39. The van der Waals surface area contributed by atoms with Gasteiger partial charge in [-0.1, -0.05) is 48.0 Å². The van der Waals surface area contributed by atoms with Crippen LogP contribution in [0.15, 0.2) is 54.6 Å². The second-order valence-electron chi connectivity index (χ2n) is 5.04. The summed E-state index contributed by atoms with van der Waals surface area (Å²) in [6, 6.07) is 15.0. The van der Waals surface area contributed by atoms with Crippen molar-refractivity contribution in [3.63, 3.8) is 0 Å². The van der Waals surface area contributed by atoms with E-state index < -0.39 is 0 Å². The summed E-state index contributed by atoms with van der Waals surface area (Å²) in [6.45, 7) is 0. The molecule has 120 valence electrons. The van der Waals surface area contributed by atoms with Crippen molar-refractivity contribution in [2.24, 2.45) is 0 Å². The summed E-state index contributed by atoms with van der Waals surface area (Å²) < 4.78 is 10.0. The Kier molecular flexibility index (Phi) is 6.24. The number of allylic oxidation sites excluding steroid dienone is 1. The lowest BCUT2D eigenvalue weighted by Gasteiger charge is -2.13. The molecule has 2 aromatic carbocycles. The fraction of sp³-hybridized carbons (Fsp3) is 0.211. The normalized spacial score (nSPS) is 12.1. The maximum absolute atomic E-state index is 12.0. The minimum Gasteiger partial charge on any atom is -0.497 e. The van der Waals surface area contributed by atoms with Gasteiger partial charge in [-0.05, 0) is 41.8 Å². The second-order valence-corrected chi connectivity index (χ2v) is 5.47. The van der Waals surface area contributed by atoms with Crippen LogP contribution < -0.4 is 4.74 Å². The highest BCUT2D eigenvalue weighted by Crippen LogP contribution is 2.24. The van der Waals surface area contributed by atoms with Crippen LogP contribution >= 0.6 is 11.6 Å². The van der Waals surface area contributed by atoms with Gasteiger partial charge in [0.25, 0.3) is 0 Å². The average molecular weight is 331 g/mol. The molecule has 0 N–H and O–H groups in total. The molecule has 23 heavy (non-hydrogen) atoms. The van der Waals surface area contributed by atoms with Crippen molar-refractivity contribution in [3.05, 3.63) is 70.8 Å². The van der Waals surface area contributed by atoms with E-state index in [0.29, 0.717) is 11.4 Å². The molecule has 0 radical (unpaired) electrons. The van der Waals surface area contributed by atoms with E-state index in [1.165, 1.54) is 7.11 Å². The SMILES string of the molecule is COC(=O)[C@@H](C/C=C/c1ccc(OC)cc1)c1ccc(Cl)cc1. The topological polar surface area (TPSA) is 35.5 Å². The summed E-state index contributed by atoms with van der Waals surface area (Å²) in [4.78, 5) is 12.0. The van der Waals surface area contributed by atoms with E-state index in [0.717, 1.165) is 16.9 Å². The lowest BCUT2D eigenvalue weighted by molar-refractivity contribution is -0.142. The fourth-order valence-electron chi connectivity index (χ4n) is 2.26. The van der Waals surface area contributed by atoms with Gasteiger partial charge < -0.3 is 9.47 Å². The van der Waals surface area contributed by atoms with E-state index in [1.807, 2.05) is 48.6 Å². The summed E-state index contributed by atoms with van der Waals surface area (Å²) in [5, 5.41) is 0.645. The van der Waals surface area contributed by atoms with Crippen LogP contribution in [0.5, 0.6) is 5.75 Å². The van der Waals surface area contributed by atoms with Gasteiger partial charge in [0, 0.05) is 5.02 Å². The number of methoxy groups -OCH3 is 2. The van der Waals surface area contributed by atoms with E-state index in [4.69, 9.17) is 21.1 Å². The molecular weight excluding hydrogens is 312 g/mol. The molecule has 0 aliphatic carbocycles. The Morgan fingerprint density at radius 3 is 2.30 bits per heavy atom. The minimum absolute atomic E-state index is 0.258. The number of carbonyl (C=O) groups excluding carboxylic acids is 1. The van der Waals surface area contributed by atoms with Gasteiger partial charge in [0.2, 0.25) is 0 Å². The minimum atomic E-state index is -0.341. The zero-order valence-electron chi connectivity index (χ0n) is 13.2. The predicted octanol–water partition coefficient (Wildman–Crippen LogP) is 4.71. The third-order valence-corrected chi connectivity index (χ3v) is 3.81. The molecule has 1 atom stereocenters. The Hall–Kier alpha value is -2.26. The van der Waals surface area contributed by atoms with Crippen LogP contribution in [0.25, 0.3) is 6.08 Å². The van der Waals surface area contributed by atoms with Crippen LogP contribution in [0.3, 0.4) is 0 Å². The van der Waals surface area contributed by atoms with Crippen molar-refractivity contribution in [3.8, 4) is 5.75 Å². The number of carbonyl (C=O) groups is 1. The predicted molar refractivity (Wildman–Crippen MR) is 92.9 cm³/mol.